The Morgan fingerprint density at radius 2 is 1.59 bits per heavy atom. The zero-order valence-electron chi connectivity index (χ0n) is 19.0. The Labute approximate surface area is 199 Å². The number of sulfone groups is 1. The first-order valence-corrected chi connectivity index (χ1v) is 13.5. The molecule has 34 heavy (non-hydrogen) atoms. The van der Waals surface area contributed by atoms with Crippen LogP contribution in [0, 0.1) is 5.82 Å². The lowest BCUT2D eigenvalue weighted by Gasteiger charge is -2.32. The van der Waals surface area contributed by atoms with Crippen LogP contribution < -0.4 is 0 Å². The summed E-state index contributed by atoms with van der Waals surface area (Å²) < 4.78 is 37.7. The molecule has 2 aromatic rings. The van der Waals surface area contributed by atoms with E-state index in [1.165, 1.54) is 11.0 Å². The van der Waals surface area contributed by atoms with Crippen LogP contribution in [0.5, 0.6) is 0 Å². The fourth-order valence-corrected chi connectivity index (χ4v) is 6.02. The Kier molecular flexibility index (Phi) is 6.16. The Balaban J connectivity index is 1.25. The van der Waals surface area contributed by atoms with Gasteiger partial charge in [0.2, 0.25) is 0 Å². The molecule has 3 fully saturated rings. The number of carbonyl (C=O) groups is 2. The number of amides is 3. The molecule has 7 nitrogen and oxygen atoms in total. The molecular formula is C25H28FN3O4S. The van der Waals surface area contributed by atoms with Gasteiger partial charge in [-0.1, -0.05) is 30.3 Å². The van der Waals surface area contributed by atoms with E-state index in [1.54, 1.807) is 11.0 Å². The van der Waals surface area contributed by atoms with E-state index in [0.717, 1.165) is 36.0 Å². The highest BCUT2D eigenvalue weighted by molar-refractivity contribution is 7.91. The van der Waals surface area contributed by atoms with Gasteiger partial charge >= 0.3 is 6.03 Å². The van der Waals surface area contributed by atoms with Crippen molar-refractivity contribution in [3.05, 3.63) is 59.4 Å². The van der Waals surface area contributed by atoms with Crippen molar-refractivity contribution in [2.75, 3.05) is 31.1 Å². The van der Waals surface area contributed by atoms with Crippen LogP contribution in [0.2, 0.25) is 0 Å². The van der Waals surface area contributed by atoms with Gasteiger partial charge in [0.1, 0.15) is 12.4 Å². The lowest BCUT2D eigenvalue weighted by molar-refractivity contribution is -0.128. The van der Waals surface area contributed by atoms with Crippen molar-refractivity contribution in [2.24, 2.45) is 0 Å². The van der Waals surface area contributed by atoms with Crippen LogP contribution in [-0.4, -0.2) is 72.2 Å². The largest absolute Gasteiger partial charge is 0.327 e. The number of hydrogen-bond donors (Lipinski definition) is 0. The van der Waals surface area contributed by atoms with Crippen LogP contribution in [0.3, 0.4) is 0 Å². The lowest BCUT2D eigenvalue weighted by Crippen LogP contribution is -2.44. The maximum atomic E-state index is 14.5. The first-order valence-electron chi connectivity index (χ1n) is 11.7. The zero-order valence-corrected chi connectivity index (χ0v) is 19.8. The minimum atomic E-state index is -2.98. The summed E-state index contributed by atoms with van der Waals surface area (Å²) in [4.78, 5) is 29.9. The molecule has 2 saturated heterocycles. The van der Waals surface area contributed by atoms with Crippen molar-refractivity contribution in [3.63, 3.8) is 0 Å². The van der Waals surface area contributed by atoms with Crippen molar-refractivity contribution in [1.29, 1.82) is 0 Å². The fourth-order valence-electron chi connectivity index (χ4n) is 4.74. The second-order valence-corrected chi connectivity index (χ2v) is 11.7. The third kappa shape index (κ3) is 4.72. The smallest absolute Gasteiger partial charge is 0.311 e. The zero-order chi connectivity index (χ0) is 23.9. The Bertz CT molecular complexity index is 1200. The van der Waals surface area contributed by atoms with Crippen LogP contribution in [-0.2, 0) is 27.7 Å². The van der Waals surface area contributed by atoms with Gasteiger partial charge in [-0.05, 0) is 48.1 Å². The molecule has 3 aliphatic rings. The molecule has 1 saturated carbocycles. The molecule has 2 heterocycles. The highest BCUT2D eigenvalue weighted by atomic mass is 32.2. The van der Waals surface area contributed by atoms with Crippen molar-refractivity contribution in [1.82, 2.24) is 14.7 Å². The maximum Gasteiger partial charge on any atom is 0.327 e. The minimum Gasteiger partial charge on any atom is -0.311 e. The van der Waals surface area contributed by atoms with Gasteiger partial charge < -0.3 is 4.90 Å². The molecule has 0 spiro atoms. The summed E-state index contributed by atoms with van der Waals surface area (Å²) in [5.74, 6) is -0.197. The van der Waals surface area contributed by atoms with E-state index in [4.69, 9.17) is 0 Å². The lowest BCUT2D eigenvalue weighted by atomic mass is 9.92. The molecule has 1 aliphatic carbocycles. The number of halogens is 1. The SMILES string of the molecule is O=C1CN(Cc2ccc(-c3ccc(F)c(CN4CCS(=O)(=O)CC4)c3)cc2)C(=O)N1C1CCC1. The van der Waals surface area contributed by atoms with Gasteiger partial charge in [0, 0.05) is 37.8 Å². The average molecular weight is 486 g/mol. The van der Waals surface area contributed by atoms with Gasteiger partial charge in [0.25, 0.3) is 5.91 Å². The summed E-state index contributed by atoms with van der Waals surface area (Å²) in [5, 5.41) is 0. The van der Waals surface area contributed by atoms with Crippen molar-refractivity contribution >= 4 is 21.8 Å². The highest BCUT2D eigenvalue weighted by Crippen LogP contribution is 2.29. The second kappa shape index (κ2) is 9.11. The van der Waals surface area contributed by atoms with Crippen LogP contribution >= 0.6 is 0 Å². The third-order valence-corrected chi connectivity index (χ3v) is 8.66. The predicted molar refractivity (Wildman–Crippen MR) is 126 cm³/mol. The van der Waals surface area contributed by atoms with Crippen LogP contribution in [0.25, 0.3) is 11.1 Å². The molecular weight excluding hydrogens is 457 g/mol. The minimum absolute atomic E-state index is 0.0642. The molecule has 180 valence electrons. The number of benzene rings is 2. The van der Waals surface area contributed by atoms with Crippen LogP contribution in [0.4, 0.5) is 9.18 Å². The number of carbonyl (C=O) groups excluding carboxylic acids is 2. The first kappa shape index (κ1) is 23.0. The Morgan fingerprint density at radius 3 is 2.24 bits per heavy atom. The Hall–Kier alpha value is -2.78. The molecule has 2 aromatic carbocycles. The van der Waals surface area contributed by atoms with Crippen LogP contribution in [0.15, 0.2) is 42.5 Å². The highest BCUT2D eigenvalue weighted by Gasteiger charge is 2.42. The number of rotatable bonds is 6. The van der Waals surface area contributed by atoms with Gasteiger partial charge in [0.15, 0.2) is 9.84 Å². The van der Waals surface area contributed by atoms with Gasteiger partial charge in [-0.25, -0.2) is 17.6 Å². The fraction of sp³-hybridized carbons (Fsp3) is 0.440. The molecule has 0 radical (unpaired) electrons. The third-order valence-electron chi connectivity index (χ3n) is 7.05. The van der Waals surface area contributed by atoms with Crippen molar-refractivity contribution in [2.45, 2.75) is 38.4 Å². The monoisotopic (exact) mass is 485 g/mol. The summed E-state index contributed by atoms with van der Waals surface area (Å²) in [6.45, 7) is 1.69. The van der Waals surface area contributed by atoms with Gasteiger partial charge in [-0.15, -0.1) is 0 Å². The molecule has 3 amide bonds. The van der Waals surface area contributed by atoms with E-state index < -0.39 is 9.84 Å². The quantitative estimate of drug-likeness (QED) is 0.588. The standard InChI is InChI=1S/C25H28FN3O4S/c26-23-9-8-20(14-21(23)16-27-10-12-34(32,33)13-11-27)19-6-4-18(5-7-19)15-28-17-24(30)29(25(28)31)22-2-1-3-22/h4-9,14,22H,1-3,10-13,15-17H2. The normalized spacial score (nSPS) is 21.2. The summed E-state index contributed by atoms with van der Waals surface area (Å²) >= 11 is 0. The number of imide groups is 1. The molecule has 2 aliphatic heterocycles. The summed E-state index contributed by atoms with van der Waals surface area (Å²) in [6, 6.07) is 12.6. The van der Waals surface area contributed by atoms with E-state index in [1.807, 2.05) is 35.2 Å². The van der Waals surface area contributed by atoms with Crippen LogP contribution in [0.1, 0.15) is 30.4 Å². The molecule has 0 bridgehead atoms. The summed E-state index contributed by atoms with van der Waals surface area (Å²) in [6.07, 6.45) is 2.86. The molecule has 0 atom stereocenters. The first-order chi connectivity index (χ1) is 16.3. The molecule has 0 N–H and O–H groups in total. The van der Waals surface area contributed by atoms with E-state index in [-0.39, 0.29) is 41.8 Å². The number of urea groups is 1. The van der Waals surface area contributed by atoms with E-state index >= 15 is 0 Å². The van der Waals surface area contributed by atoms with E-state index in [0.29, 0.717) is 31.7 Å². The number of nitrogens with zero attached hydrogens (tertiary/aromatic N) is 3. The van der Waals surface area contributed by atoms with Gasteiger partial charge in [-0.2, -0.15) is 0 Å². The van der Waals surface area contributed by atoms with E-state index in [9.17, 15) is 22.4 Å². The van der Waals surface area contributed by atoms with Gasteiger partial charge in [0.05, 0.1) is 11.5 Å². The van der Waals surface area contributed by atoms with Crippen molar-refractivity contribution < 1.29 is 22.4 Å². The predicted octanol–water partition coefficient (Wildman–Crippen LogP) is 3.04. The topological polar surface area (TPSA) is 78.0 Å². The molecule has 5 rings (SSSR count). The summed E-state index contributed by atoms with van der Waals surface area (Å²) in [5.41, 5.74) is 3.26. The number of hydrogen-bond acceptors (Lipinski definition) is 5. The molecule has 9 heteroatoms. The van der Waals surface area contributed by atoms with E-state index in [2.05, 4.69) is 0 Å². The van der Waals surface area contributed by atoms with Gasteiger partial charge in [-0.3, -0.25) is 14.6 Å². The summed E-state index contributed by atoms with van der Waals surface area (Å²) in [7, 11) is -2.98. The van der Waals surface area contributed by atoms with Crippen molar-refractivity contribution in [3.8, 4) is 11.1 Å². The maximum absolute atomic E-state index is 14.5. The molecule has 0 unspecified atom stereocenters. The Morgan fingerprint density at radius 1 is 0.912 bits per heavy atom. The average Bonchev–Trinajstić information content (AvgIpc) is 3.04. The second-order valence-electron chi connectivity index (χ2n) is 9.42. The molecule has 0 aromatic heterocycles.